The molecule has 0 aliphatic carbocycles. The third-order valence-electron chi connectivity index (χ3n) is 7.80. The average molecular weight is 497 g/mol. The Kier molecular flexibility index (Phi) is 6.69. The molecule has 1 amide bonds. The second-order valence-electron chi connectivity index (χ2n) is 9.79. The number of nitrogens with zero attached hydrogens (tertiary/aromatic N) is 1. The number of amides is 1. The molecule has 2 bridgehead atoms. The first-order chi connectivity index (χ1) is 16.9. The van der Waals surface area contributed by atoms with Gasteiger partial charge in [-0.25, -0.2) is 0 Å². The Bertz CT molecular complexity index is 1100. The minimum absolute atomic E-state index is 0.0209. The van der Waals surface area contributed by atoms with Crippen LogP contribution in [0, 0.1) is 11.8 Å². The van der Waals surface area contributed by atoms with Crippen molar-refractivity contribution in [2.24, 2.45) is 11.8 Å². The quantitative estimate of drug-likeness (QED) is 0.533. The number of halogens is 1. The topological polar surface area (TPSA) is 60.0 Å². The molecule has 5 rings (SSSR count). The van der Waals surface area contributed by atoms with Crippen LogP contribution in [0.25, 0.3) is 0 Å². The Labute approximate surface area is 212 Å². The SMILES string of the molecule is C=C(NCCc1ccc(Cl)cc1)C1C2CCC3(CN(CCc4ccc(OC)c(OC)c4)C(=O)C13)O2. The number of ether oxygens (including phenoxy) is 3. The predicted molar refractivity (Wildman–Crippen MR) is 136 cm³/mol. The van der Waals surface area contributed by atoms with Crippen LogP contribution >= 0.6 is 11.6 Å². The summed E-state index contributed by atoms with van der Waals surface area (Å²) in [5.74, 6) is 1.47. The number of carbonyl (C=O) groups is 1. The van der Waals surface area contributed by atoms with Crippen LogP contribution in [-0.2, 0) is 22.4 Å². The minimum Gasteiger partial charge on any atom is -0.493 e. The summed E-state index contributed by atoms with van der Waals surface area (Å²) in [5, 5.41) is 4.24. The van der Waals surface area contributed by atoms with E-state index in [1.807, 2.05) is 47.4 Å². The van der Waals surface area contributed by atoms with Gasteiger partial charge in [0.15, 0.2) is 11.5 Å². The Morgan fingerprint density at radius 2 is 1.89 bits per heavy atom. The number of methoxy groups -OCH3 is 2. The first-order valence-corrected chi connectivity index (χ1v) is 12.7. The van der Waals surface area contributed by atoms with E-state index in [1.54, 1.807) is 14.2 Å². The van der Waals surface area contributed by atoms with Crippen molar-refractivity contribution in [3.05, 3.63) is 70.9 Å². The van der Waals surface area contributed by atoms with E-state index in [4.69, 9.17) is 25.8 Å². The van der Waals surface area contributed by atoms with E-state index in [0.29, 0.717) is 24.6 Å². The number of carbonyl (C=O) groups excluding carboxylic acids is 1. The number of hydrogen-bond donors (Lipinski definition) is 1. The zero-order valence-corrected chi connectivity index (χ0v) is 21.1. The van der Waals surface area contributed by atoms with E-state index in [9.17, 15) is 4.79 Å². The molecule has 0 saturated carbocycles. The largest absolute Gasteiger partial charge is 0.493 e. The molecule has 1 N–H and O–H groups in total. The summed E-state index contributed by atoms with van der Waals surface area (Å²) in [7, 11) is 3.26. The fraction of sp³-hybridized carbons (Fsp3) is 0.464. The maximum atomic E-state index is 13.6. The van der Waals surface area contributed by atoms with Gasteiger partial charge in [-0.05, 0) is 61.1 Å². The van der Waals surface area contributed by atoms with Crippen LogP contribution in [0.2, 0.25) is 5.02 Å². The van der Waals surface area contributed by atoms with E-state index in [1.165, 1.54) is 5.56 Å². The molecule has 3 fully saturated rings. The number of likely N-dealkylation sites (tertiary alicyclic amines) is 1. The Morgan fingerprint density at radius 1 is 1.14 bits per heavy atom. The van der Waals surface area contributed by atoms with Gasteiger partial charge in [0.25, 0.3) is 0 Å². The molecule has 7 heteroatoms. The standard InChI is InChI=1S/C28H33ClN2O4/c1-18(30-14-11-19-4-7-21(29)8-5-19)25-23-10-13-28(35-23)17-31(27(32)26(25)28)15-12-20-6-9-22(33-2)24(16-20)34-3/h4-9,16,23,25-26,30H,1,10-15,17H2,2-3H3. The number of rotatable bonds is 10. The van der Waals surface area contributed by atoms with Crippen LogP contribution < -0.4 is 14.8 Å². The van der Waals surface area contributed by atoms with E-state index >= 15 is 0 Å². The van der Waals surface area contributed by atoms with Gasteiger partial charge >= 0.3 is 0 Å². The van der Waals surface area contributed by atoms with Gasteiger partial charge in [-0.1, -0.05) is 36.4 Å². The molecule has 3 saturated heterocycles. The maximum Gasteiger partial charge on any atom is 0.229 e. The lowest BCUT2D eigenvalue weighted by Gasteiger charge is -2.29. The molecule has 6 nitrogen and oxygen atoms in total. The average Bonchev–Trinajstić information content (AvgIpc) is 3.51. The summed E-state index contributed by atoms with van der Waals surface area (Å²) in [5.41, 5.74) is 2.88. The van der Waals surface area contributed by atoms with Crippen LogP contribution in [-0.4, -0.2) is 56.4 Å². The monoisotopic (exact) mass is 496 g/mol. The Morgan fingerprint density at radius 3 is 2.63 bits per heavy atom. The fourth-order valence-electron chi connectivity index (χ4n) is 6.07. The van der Waals surface area contributed by atoms with Crippen molar-refractivity contribution in [1.29, 1.82) is 0 Å². The molecule has 3 aliphatic heterocycles. The summed E-state index contributed by atoms with van der Waals surface area (Å²) in [6.07, 6.45) is 3.62. The van der Waals surface area contributed by atoms with Crippen molar-refractivity contribution in [3.63, 3.8) is 0 Å². The van der Waals surface area contributed by atoms with E-state index in [2.05, 4.69) is 11.9 Å². The molecule has 0 radical (unpaired) electrons. The molecule has 0 aromatic heterocycles. The molecule has 35 heavy (non-hydrogen) atoms. The number of fused-ring (bicyclic) bond motifs is 1. The molecule has 4 atom stereocenters. The molecule has 4 unspecified atom stereocenters. The summed E-state index contributed by atoms with van der Waals surface area (Å²) >= 11 is 5.99. The second kappa shape index (κ2) is 9.75. The van der Waals surface area contributed by atoms with Crippen molar-refractivity contribution >= 4 is 17.5 Å². The molecule has 2 aromatic carbocycles. The van der Waals surface area contributed by atoms with Crippen LogP contribution in [0.4, 0.5) is 0 Å². The number of hydrogen-bond acceptors (Lipinski definition) is 5. The first-order valence-electron chi connectivity index (χ1n) is 12.3. The number of benzene rings is 2. The van der Waals surface area contributed by atoms with Gasteiger partial charge in [0.1, 0.15) is 0 Å². The van der Waals surface area contributed by atoms with Gasteiger partial charge in [-0.2, -0.15) is 0 Å². The molecule has 186 valence electrons. The van der Waals surface area contributed by atoms with E-state index in [-0.39, 0.29) is 29.4 Å². The number of nitrogens with one attached hydrogen (secondary N) is 1. The van der Waals surface area contributed by atoms with Crippen LogP contribution in [0.5, 0.6) is 11.5 Å². The molecule has 1 spiro atoms. The fourth-order valence-corrected chi connectivity index (χ4v) is 6.20. The second-order valence-corrected chi connectivity index (χ2v) is 10.2. The van der Waals surface area contributed by atoms with Gasteiger partial charge in [0.05, 0.1) is 38.4 Å². The molecule has 2 aromatic rings. The zero-order valence-electron chi connectivity index (χ0n) is 20.4. The van der Waals surface area contributed by atoms with Crippen LogP contribution in [0.1, 0.15) is 24.0 Å². The van der Waals surface area contributed by atoms with Crippen LogP contribution in [0.3, 0.4) is 0 Å². The molecular formula is C28H33ClN2O4. The third kappa shape index (κ3) is 4.50. The maximum absolute atomic E-state index is 13.6. The smallest absolute Gasteiger partial charge is 0.229 e. The lowest BCUT2D eigenvalue weighted by atomic mass is 9.72. The lowest BCUT2D eigenvalue weighted by molar-refractivity contribution is -0.132. The van der Waals surface area contributed by atoms with Crippen LogP contribution in [0.15, 0.2) is 54.7 Å². The van der Waals surface area contributed by atoms with Gasteiger partial charge < -0.3 is 24.4 Å². The van der Waals surface area contributed by atoms with Gasteiger partial charge in [-0.3, -0.25) is 4.79 Å². The normalized spacial score (nSPS) is 26.7. The summed E-state index contributed by atoms with van der Waals surface area (Å²) in [6, 6.07) is 13.8. The van der Waals surface area contributed by atoms with Crippen molar-refractivity contribution in [2.75, 3.05) is 33.9 Å². The third-order valence-corrected chi connectivity index (χ3v) is 8.05. The highest BCUT2D eigenvalue weighted by atomic mass is 35.5. The highest BCUT2D eigenvalue weighted by Crippen LogP contribution is 2.56. The highest BCUT2D eigenvalue weighted by Gasteiger charge is 2.67. The lowest BCUT2D eigenvalue weighted by Crippen LogP contribution is -2.41. The minimum atomic E-state index is -0.370. The van der Waals surface area contributed by atoms with Gasteiger partial charge in [-0.15, -0.1) is 0 Å². The molecule has 3 aliphatic rings. The molecule has 3 heterocycles. The summed E-state index contributed by atoms with van der Waals surface area (Å²) in [4.78, 5) is 15.6. The zero-order chi connectivity index (χ0) is 24.6. The summed E-state index contributed by atoms with van der Waals surface area (Å²) in [6.45, 7) is 6.42. The van der Waals surface area contributed by atoms with Crippen molar-refractivity contribution < 1.29 is 19.0 Å². The van der Waals surface area contributed by atoms with Gasteiger partial charge in [0, 0.05) is 29.7 Å². The van der Waals surface area contributed by atoms with Crippen molar-refractivity contribution in [3.8, 4) is 11.5 Å². The summed E-state index contributed by atoms with van der Waals surface area (Å²) < 4.78 is 17.3. The van der Waals surface area contributed by atoms with Gasteiger partial charge in [0.2, 0.25) is 5.91 Å². The first kappa shape index (κ1) is 24.0. The van der Waals surface area contributed by atoms with Crippen molar-refractivity contribution in [1.82, 2.24) is 10.2 Å². The van der Waals surface area contributed by atoms with Crippen molar-refractivity contribution in [2.45, 2.75) is 37.4 Å². The van der Waals surface area contributed by atoms with E-state index < -0.39 is 0 Å². The Balaban J connectivity index is 1.21. The predicted octanol–water partition coefficient (Wildman–Crippen LogP) is 4.25. The Hall–Kier alpha value is -2.70. The van der Waals surface area contributed by atoms with E-state index in [0.717, 1.165) is 48.5 Å². The highest BCUT2D eigenvalue weighted by molar-refractivity contribution is 6.30. The molecular weight excluding hydrogens is 464 g/mol.